The molecule has 2 bridgehead atoms. The highest BCUT2D eigenvalue weighted by molar-refractivity contribution is 5.99. The molecule has 10 amide bonds. The summed E-state index contributed by atoms with van der Waals surface area (Å²) in [5.74, 6) is -9.37. The number of hydrogen-bond donors (Lipinski definition) is 13. The van der Waals surface area contributed by atoms with Gasteiger partial charge < -0.3 is 83.6 Å². The predicted molar refractivity (Wildman–Crippen MR) is 341 cm³/mol. The first kappa shape index (κ1) is 69.6. The minimum atomic E-state index is -1.72. The number of ether oxygens (including phenoxy) is 2. The molecule has 3 aliphatic heterocycles. The number of hydrogen-bond acceptors (Lipinski definition) is 15. The number of nitrogens with two attached hydrogens (primary N) is 2. The van der Waals surface area contributed by atoms with Crippen molar-refractivity contribution in [2.45, 2.75) is 165 Å². The fourth-order valence-electron chi connectivity index (χ4n) is 11.9. The van der Waals surface area contributed by atoms with Gasteiger partial charge in [-0.1, -0.05) is 119 Å². The normalized spacial score (nSPS) is 26.1. The van der Waals surface area contributed by atoms with E-state index in [4.69, 9.17) is 20.9 Å². The average molecular weight is 1280 g/mol. The molecule has 3 aliphatic rings. The number of aromatic nitrogens is 1. The predicted octanol–water partition coefficient (Wildman–Crippen LogP) is 0.446. The first-order chi connectivity index (χ1) is 44.6. The number of aromatic hydroxyl groups is 1. The van der Waals surface area contributed by atoms with E-state index in [0.717, 1.165) is 10.9 Å². The van der Waals surface area contributed by atoms with Gasteiger partial charge in [0.1, 0.15) is 72.4 Å². The van der Waals surface area contributed by atoms with Gasteiger partial charge in [-0.2, -0.15) is 0 Å². The van der Waals surface area contributed by atoms with Crippen LogP contribution in [0.2, 0.25) is 0 Å². The Bertz CT molecular complexity index is 3420. The Balaban J connectivity index is 1.18. The second-order valence-electron chi connectivity index (χ2n) is 24.7. The molecule has 12 atom stereocenters. The van der Waals surface area contributed by atoms with Crippen molar-refractivity contribution in [3.8, 4) is 5.75 Å². The maximum atomic E-state index is 15.2. The van der Waals surface area contributed by atoms with E-state index in [0.29, 0.717) is 28.7 Å². The monoisotopic (exact) mass is 1280 g/mol. The van der Waals surface area contributed by atoms with E-state index in [-0.39, 0.29) is 76.3 Å². The van der Waals surface area contributed by atoms with Crippen molar-refractivity contribution in [3.05, 3.63) is 138 Å². The van der Waals surface area contributed by atoms with E-state index in [1.807, 2.05) is 32.0 Å². The Morgan fingerprint density at radius 3 is 1.87 bits per heavy atom. The number of phenolic OH excluding ortho intramolecular Hbond substituents is 1. The number of nitrogens with zero attached hydrogens (tertiary/aromatic N) is 1. The number of rotatable bonds is 17. The Hall–Kier alpha value is -9.24. The number of fused-ring (bicyclic) bond motifs is 4. The molecule has 4 heterocycles. The number of nitrogens with one attached hydrogen (secondary N) is 9. The number of aliphatic hydroxyl groups is 1. The molecular formula is C67H86N12O14. The van der Waals surface area contributed by atoms with Crippen LogP contribution in [0.5, 0.6) is 5.75 Å². The quantitative estimate of drug-likeness (QED) is 0.0601. The van der Waals surface area contributed by atoms with Gasteiger partial charge in [0.15, 0.2) is 6.10 Å². The summed E-state index contributed by atoms with van der Waals surface area (Å²) in [6, 6.07) is 19.6. The molecule has 4 aromatic carbocycles. The van der Waals surface area contributed by atoms with Gasteiger partial charge in [-0.15, -0.1) is 0 Å². The van der Waals surface area contributed by atoms with Crippen molar-refractivity contribution in [1.29, 1.82) is 0 Å². The molecule has 93 heavy (non-hydrogen) atoms. The summed E-state index contributed by atoms with van der Waals surface area (Å²) in [4.78, 5) is 150. The first-order valence-electron chi connectivity index (χ1n) is 31.6. The van der Waals surface area contributed by atoms with Gasteiger partial charge in [-0.3, -0.25) is 47.9 Å². The van der Waals surface area contributed by atoms with E-state index in [2.05, 4.69) is 47.5 Å². The third kappa shape index (κ3) is 19.0. The minimum Gasteiger partial charge on any atom is -0.508 e. The summed E-state index contributed by atoms with van der Waals surface area (Å²) in [6.07, 6.45) is -4.78. The Labute approximate surface area is 539 Å². The second kappa shape index (κ2) is 32.9. The molecular weight excluding hydrogens is 1200 g/mol. The van der Waals surface area contributed by atoms with Gasteiger partial charge in [0.2, 0.25) is 53.2 Å². The molecule has 0 saturated carbocycles. The summed E-state index contributed by atoms with van der Waals surface area (Å²) < 4.78 is 12.4. The van der Waals surface area contributed by atoms with Crippen LogP contribution in [-0.2, 0) is 83.3 Å². The third-order valence-corrected chi connectivity index (χ3v) is 16.8. The fourth-order valence-corrected chi connectivity index (χ4v) is 11.9. The second-order valence-corrected chi connectivity index (χ2v) is 24.7. The van der Waals surface area contributed by atoms with Gasteiger partial charge in [0.05, 0.1) is 13.0 Å². The van der Waals surface area contributed by atoms with E-state index < -0.39 is 151 Å². The van der Waals surface area contributed by atoms with Crippen LogP contribution < -0.4 is 54.0 Å². The van der Waals surface area contributed by atoms with Crippen LogP contribution in [-0.4, -0.2) is 172 Å². The van der Waals surface area contributed by atoms with Crippen molar-refractivity contribution in [2.24, 2.45) is 23.3 Å². The maximum Gasteiger partial charge on any atom is 0.252 e. The smallest absolute Gasteiger partial charge is 0.252 e. The van der Waals surface area contributed by atoms with E-state index in [1.54, 1.807) is 98.9 Å². The molecule has 0 radical (unpaired) electrons. The summed E-state index contributed by atoms with van der Waals surface area (Å²) >= 11 is 0. The number of amides is 10. The number of para-hydroxylation sites is 1. The lowest BCUT2D eigenvalue weighted by molar-refractivity contribution is -0.142. The lowest BCUT2D eigenvalue weighted by Gasteiger charge is -2.31. The van der Waals surface area contributed by atoms with Gasteiger partial charge in [-0.05, 0) is 90.9 Å². The zero-order chi connectivity index (χ0) is 66.9. The molecule has 0 aliphatic carbocycles. The Morgan fingerprint density at radius 1 is 0.634 bits per heavy atom. The number of H-pyrrole nitrogens is 1. The van der Waals surface area contributed by atoms with Crippen LogP contribution in [0, 0.1) is 11.8 Å². The molecule has 5 aromatic rings. The van der Waals surface area contributed by atoms with Gasteiger partial charge in [0, 0.05) is 49.5 Å². The lowest BCUT2D eigenvalue weighted by atomic mass is 9.99. The standard InChI is InChI=1S/C67H86N12O14/c1-37(2)29-47-61(85)77-51(31-40-23-25-43(80)26-24-40)67(91)79-28-14-22-52(79)64(88)76-49(32-42-34-70-45-20-12-11-19-44(42)45)63(87)74-48(30-39-15-7-5-8-16-39)62(86)75-50(33-54(69)81)59(83)71-35-53-57(92-36-41-17-9-6-10-18-41)56(82)58(93-53)66(90)78-55(38(3)4)65(89)72-46(21-13-27-68)60(84)73-47/h5-12,15-20,23-26,34,37-38,46-53,55-58,70,80,82H,13-14,21-22,27-33,35-36,68H2,1-4H3,(H2,69,81)(H,71,83)(H,72,89)(H,73,84)(H,74,87)(H,75,86)(H,76,88)(H,77,85)(H,78,90)/t46-,47-,48+,49-,50-,51+,52-,53+,55-,56-,57+,58+/m0/s1. The molecule has 0 spiro atoms. The number of carbonyl (C=O) groups is 10. The zero-order valence-electron chi connectivity index (χ0n) is 52.6. The van der Waals surface area contributed by atoms with Gasteiger partial charge in [-0.25, -0.2) is 0 Å². The zero-order valence-corrected chi connectivity index (χ0v) is 52.6. The molecule has 3 fully saturated rings. The topological polar surface area (TPSA) is 397 Å². The van der Waals surface area contributed by atoms with Crippen LogP contribution in [0.4, 0.5) is 0 Å². The number of carbonyl (C=O) groups excluding carboxylic acids is 10. The maximum absolute atomic E-state index is 15.2. The van der Waals surface area contributed by atoms with E-state index >= 15 is 14.4 Å². The van der Waals surface area contributed by atoms with Crippen LogP contribution in [0.25, 0.3) is 10.9 Å². The molecule has 1 aromatic heterocycles. The molecule has 15 N–H and O–H groups in total. The Morgan fingerprint density at radius 2 is 1.20 bits per heavy atom. The molecule has 26 nitrogen and oxygen atoms in total. The van der Waals surface area contributed by atoms with Crippen molar-refractivity contribution in [2.75, 3.05) is 19.6 Å². The van der Waals surface area contributed by atoms with Crippen molar-refractivity contribution < 1.29 is 67.6 Å². The van der Waals surface area contributed by atoms with E-state index in [1.165, 1.54) is 17.0 Å². The van der Waals surface area contributed by atoms with Gasteiger partial charge >= 0.3 is 0 Å². The highest BCUT2D eigenvalue weighted by Crippen LogP contribution is 2.27. The van der Waals surface area contributed by atoms with Crippen molar-refractivity contribution >= 4 is 70.0 Å². The summed E-state index contributed by atoms with van der Waals surface area (Å²) in [6.45, 7) is 6.52. The third-order valence-electron chi connectivity index (χ3n) is 16.8. The number of aromatic amines is 1. The molecule has 3 saturated heterocycles. The summed E-state index contributed by atoms with van der Waals surface area (Å²) in [5, 5.41) is 44.8. The Kier molecular flexibility index (Phi) is 24.6. The molecule has 498 valence electrons. The van der Waals surface area contributed by atoms with Crippen LogP contribution in [0.3, 0.4) is 0 Å². The van der Waals surface area contributed by atoms with Gasteiger partial charge in [0.25, 0.3) is 5.91 Å². The average Bonchev–Trinajstić information content (AvgIpc) is 1.76. The lowest BCUT2D eigenvalue weighted by Crippen LogP contribution is -2.61. The molecule has 0 unspecified atom stereocenters. The molecule has 26 heteroatoms. The van der Waals surface area contributed by atoms with Crippen molar-refractivity contribution in [3.63, 3.8) is 0 Å². The molecule has 8 rings (SSSR count). The van der Waals surface area contributed by atoms with E-state index in [9.17, 15) is 43.8 Å². The number of benzene rings is 4. The fraction of sp³-hybridized carbons (Fsp3) is 0.463. The summed E-state index contributed by atoms with van der Waals surface area (Å²) in [5.41, 5.74) is 14.7. The number of aliphatic hydroxyl groups excluding tert-OH is 1. The minimum absolute atomic E-state index is 0.00986. The summed E-state index contributed by atoms with van der Waals surface area (Å²) in [7, 11) is 0. The number of primary amides is 1. The van der Waals surface area contributed by atoms with Crippen molar-refractivity contribution in [1.82, 2.24) is 52.4 Å². The largest absolute Gasteiger partial charge is 0.508 e. The number of phenols is 1. The highest BCUT2D eigenvalue weighted by Gasteiger charge is 2.49. The highest BCUT2D eigenvalue weighted by atomic mass is 16.6. The SMILES string of the molecule is CC(C)C[C@@H]1NC(=O)[C@H](CCCN)NC(=O)[C@H](C(C)C)NC(=O)[C@@H]2O[C@H](CNC(=O)[C@H](CC(N)=O)NC(=O)[C@@H](Cc3ccccc3)NC(=O)[C@H](Cc3c[nH]c4ccccc34)NC(=O)[C@@H]3CCCN3C(=O)[C@@H](Cc3ccc(O)cc3)NC1=O)[C@@H](OCc1ccccc1)[C@@H]2O. The first-order valence-corrected chi connectivity index (χ1v) is 31.6. The van der Waals surface area contributed by atoms with Crippen LogP contribution in [0.15, 0.2) is 115 Å². The van der Waals surface area contributed by atoms with Crippen LogP contribution >= 0.6 is 0 Å². The van der Waals surface area contributed by atoms with Crippen LogP contribution in [0.1, 0.15) is 88.5 Å².